The first-order chi connectivity index (χ1) is 18.6. The van der Waals surface area contributed by atoms with Crippen LogP contribution in [0.25, 0.3) is 0 Å². The molecule has 6 aliphatic carbocycles. The zero-order valence-electron chi connectivity index (χ0n) is 21.1. The van der Waals surface area contributed by atoms with Gasteiger partial charge in [-0.15, -0.1) is 4.33 Å². The van der Waals surface area contributed by atoms with E-state index in [4.69, 9.17) is 24.2 Å². The molecule has 39 heavy (non-hydrogen) atoms. The van der Waals surface area contributed by atoms with Gasteiger partial charge in [0.25, 0.3) is 0 Å². The van der Waals surface area contributed by atoms with Gasteiger partial charge in [0, 0.05) is 11.8 Å². The lowest BCUT2D eigenvalue weighted by molar-refractivity contribution is -0.433. The minimum absolute atomic E-state index is 0.225. The second-order valence-electron chi connectivity index (χ2n) is 11.8. The summed E-state index contributed by atoms with van der Waals surface area (Å²) in [5.41, 5.74) is -0.556. The van der Waals surface area contributed by atoms with Crippen LogP contribution in [-0.4, -0.2) is 58.8 Å². The van der Waals surface area contributed by atoms with Crippen molar-refractivity contribution in [3.63, 3.8) is 0 Å². The number of esters is 4. The molecule has 216 valence electrons. The third-order valence-electron chi connectivity index (χ3n) is 10.2. The Morgan fingerprint density at radius 3 is 2.36 bits per heavy atom. The van der Waals surface area contributed by atoms with Crippen LogP contribution < -0.4 is 0 Å². The van der Waals surface area contributed by atoms with Crippen LogP contribution in [0, 0.1) is 47.3 Å². The first-order valence-electron chi connectivity index (χ1n) is 13.4. The van der Waals surface area contributed by atoms with E-state index in [-0.39, 0.29) is 6.42 Å². The number of halogens is 2. The van der Waals surface area contributed by atoms with Crippen molar-refractivity contribution in [3.05, 3.63) is 0 Å². The van der Waals surface area contributed by atoms with Gasteiger partial charge in [-0.3, -0.25) is 9.59 Å². The van der Waals surface area contributed by atoms with Gasteiger partial charge in [-0.25, -0.2) is 14.8 Å². The average molecular weight is 577 g/mol. The summed E-state index contributed by atoms with van der Waals surface area (Å²) in [7, 11) is 0. The molecule has 0 aromatic heterocycles. The summed E-state index contributed by atoms with van der Waals surface area (Å²) in [5.74, 6) is -5.58. The van der Waals surface area contributed by atoms with Crippen molar-refractivity contribution in [3.8, 4) is 0 Å². The van der Waals surface area contributed by atoms with E-state index in [1.807, 2.05) is 6.92 Å². The number of carbonyl (C=O) groups excluding carboxylic acids is 4. The molecule has 0 aromatic carbocycles. The van der Waals surface area contributed by atoms with Crippen LogP contribution in [0.2, 0.25) is 0 Å². The zero-order valence-corrected chi connectivity index (χ0v) is 21.9. The highest BCUT2D eigenvalue weighted by Crippen LogP contribution is 2.61. The van der Waals surface area contributed by atoms with Crippen molar-refractivity contribution in [1.29, 1.82) is 0 Å². The third-order valence-corrected chi connectivity index (χ3v) is 10.7. The van der Waals surface area contributed by atoms with E-state index in [1.165, 1.54) is 6.42 Å². The van der Waals surface area contributed by atoms with Crippen molar-refractivity contribution >= 4 is 35.9 Å². The van der Waals surface area contributed by atoms with Crippen molar-refractivity contribution in [1.82, 2.24) is 0 Å². The predicted molar refractivity (Wildman–Crippen MR) is 123 cm³/mol. The molecule has 1 N–H and O–H groups in total. The van der Waals surface area contributed by atoms with Crippen LogP contribution >= 0.6 is 12.0 Å². The number of hydrogen-bond acceptors (Lipinski definition) is 12. The van der Waals surface area contributed by atoms with Gasteiger partial charge in [-0.1, -0.05) is 12.0 Å². The fraction of sp³-hybridized carbons (Fsp3) is 0.840. The van der Waals surface area contributed by atoms with Gasteiger partial charge in [0.1, 0.15) is 29.9 Å². The molecule has 0 spiro atoms. The van der Waals surface area contributed by atoms with E-state index < -0.39 is 89.3 Å². The number of alkyl halides is 2. The van der Waals surface area contributed by atoms with Crippen molar-refractivity contribution in [2.75, 3.05) is 6.61 Å². The summed E-state index contributed by atoms with van der Waals surface area (Å²) in [4.78, 5) is 50.7. The largest absolute Gasteiger partial charge is 0.458 e. The molecule has 0 aromatic rings. The third kappa shape index (κ3) is 4.32. The average Bonchev–Trinajstić information content (AvgIpc) is 3.52. The Morgan fingerprint density at radius 1 is 1.08 bits per heavy atom. The smallest absolute Gasteiger partial charge is 0.415 e. The summed E-state index contributed by atoms with van der Waals surface area (Å²) in [6, 6.07) is 0. The van der Waals surface area contributed by atoms with Gasteiger partial charge in [-0.2, -0.15) is 8.78 Å². The van der Waals surface area contributed by atoms with E-state index in [2.05, 4.69) is 9.37 Å². The maximum Gasteiger partial charge on any atom is 0.415 e. The summed E-state index contributed by atoms with van der Waals surface area (Å²) in [5, 5.41) is 6.94. The lowest BCUT2D eigenvalue weighted by Crippen LogP contribution is -2.59. The molecule has 6 atom stereocenters. The monoisotopic (exact) mass is 576 g/mol. The summed E-state index contributed by atoms with van der Waals surface area (Å²) in [6.45, 7) is 1.38. The molecular formula is C25H30F2O11S. The molecule has 7 rings (SSSR count). The van der Waals surface area contributed by atoms with Crippen LogP contribution in [0.1, 0.15) is 51.9 Å². The number of carbonyl (C=O) groups is 4. The second kappa shape index (κ2) is 9.81. The Hall–Kier alpha value is -2.03. The normalized spacial score (nSPS) is 42.9. The maximum absolute atomic E-state index is 14.0. The second-order valence-corrected chi connectivity index (χ2v) is 12.6. The Labute approximate surface area is 226 Å². The Morgan fingerprint density at radius 2 is 1.74 bits per heavy atom. The Kier molecular flexibility index (Phi) is 6.83. The van der Waals surface area contributed by atoms with E-state index in [1.54, 1.807) is 0 Å². The first-order valence-corrected chi connectivity index (χ1v) is 14.2. The fourth-order valence-corrected chi connectivity index (χ4v) is 9.25. The topological polar surface area (TPSA) is 144 Å². The molecule has 0 amide bonds. The van der Waals surface area contributed by atoms with Crippen LogP contribution in [0.5, 0.6) is 0 Å². The highest BCUT2D eigenvalue weighted by molar-refractivity contribution is 7.96. The van der Waals surface area contributed by atoms with Crippen molar-refractivity contribution in [2.45, 2.75) is 74.9 Å². The molecule has 14 heteroatoms. The molecule has 6 bridgehead atoms. The molecule has 6 saturated carbocycles. The highest BCUT2D eigenvalue weighted by Gasteiger charge is 2.71. The maximum atomic E-state index is 14.0. The standard InChI is InChI=1S/C25H30F2O11S/c1-2-24(12-4-10-3-11(6-12)7-13(24)5-10)36-16(28)9-33-21(29)17-14-8-15-18(17)22(30)34-19(15)20(14)35-23(31)25(26,27)39-38-37-32/h10-15,17-20,32H,2-9H2,1H3. The minimum atomic E-state index is -4.25. The molecule has 7 fully saturated rings. The van der Waals surface area contributed by atoms with Gasteiger partial charge in [0.15, 0.2) is 6.61 Å². The van der Waals surface area contributed by atoms with E-state index in [0.29, 0.717) is 30.1 Å². The SMILES string of the molecule is CCC1(OC(=O)COC(=O)C2C3CC4C(OC(=O)C42)C3OC(=O)C(F)(F)SOOO)C2CC3CC(C2)CC1C3. The van der Waals surface area contributed by atoms with E-state index in [0.717, 1.165) is 25.7 Å². The molecule has 7 aliphatic rings. The lowest BCUT2D eigenvalue weighted by atomic mass is 9.49. The molecule has 0 radical (unpaired) electrons. The van der Waals surface area contributed by atoms with Gasteiger partial charge in [0.05, 0.1) is 11.8 Å². The van der Waals surface area contributed by atoms with Crippen molar-refractivity contribution in [2.24, 2.45) is 47.3 Å². The van der Waals surface area contributed by atoms with E-state index in [9.17, 15) is 28.0 Å². The number of rotatable bonds is 10. The molecule has 1 saturated heterocycles. The Bertz CT molecular complexity index is 1030. The number of hydrogen-bond donors (Lipinski definition) is 1. The van der Waals surface area contributed by atoms with E-state index >= 15 is 0 Å². The van der Waals surface area contributed by atoms with Gasteiger partial charge < -0.3 is 18.9 Å². The summed E-state index contributed by atoms with van der Waals surface area (Å²) in [6.07, 6.45) is 4.06. The van der Waals surface area contributed by atoms with Crippen LogP contribution in [0.15, 0.2) is 0 Å². The number of fused-ring (bicyclic) bond motifs is 1. The Balaban J connectivity index is 1.09. The fourth-order valence-electron chi connectivity index (χ4n) is 9.02. The molecule has 1 aliphatic heterocycles. The molecule has 6 unspecified atom stereocenters. The zero-order chi connectivity index (χ0) is 27.7. The van der Waals surface area contributed by atoms with Crippen molar-refractivity contribution < 1.29 is 61.5 Å². The lowest BCUT2D eigenvalue weighted by Gasteiger charge is -2.60. The molecule has 11 nitrogen and oxygen atoms in total. The first kappa shape index (κ1) is 27.2. The molecule has 1 heterocycles. The number of ether oxygens (including phenoxy) is 4. The minimum Gasteiger partial charge on any atom is -0.458 e. The van der Waals surface area contributed by atoms with Gasteiger partial charge in [-0.05, 0) is 68.6 Å². The van der Waals surface area contributed by atoms with Gasteiger partial charge >= 0.3 is 29.1 Å². The van der Waals surface area contributed by atoms with Crippen LogP contribution in [0.4, 0.5) is 8.78 Å². The predicted octanol–water partition coefficient (Wildman–Crippen LogP) is 3.06. The highest BCUT2D eigenvalue weighted by atomic mass is 32.2. The van der Waals surface area contributed by atoms with Crippen LogP contribution in [-0.2, 0) is 47.5 Å². The quantitative estimate of drug-likeness (QED) is 0.134. The molecular weight excluding hydrogens is 546 g/mol. The summed E-state index contributed by atoms with van der Waals surface area (Å²) < 4.78 is 53.2. The van der Waals surface area contributed by atoms with Crippen LogP contribution in [0.3, 0.4) is 0 Å². The summed E-state index contributed by atoms with van der Waals surface area (Å²) >= 11 is -0.778. The van der Waals surface area contributed by atoms with Gasteiger partial charge in [0.2, 0.25) is 0 Å².